The van der Waals surface area contributed by atoms with Crippen molar-refractivity contribution in [3.8, 4) is 0 Å². The second-order valence-corrected chi connectivity index (χ2v) is 4.13. The monoisotopic (exact) mass is 276 g/mol. The van der Waals surface area contributed by atoms with E-state index in [1.807, 2.05) is 0 Å². The quantitative estimate of drug-likeness (QED) is 0.650. The molecule has 0 unspecified atom stereocenters. The number of nitrogens with one attached hydrogen (secondary N) is 3. The van der Waals surface area contributed by atoms with Crippen LogP contribution in [0.3, 0.4) is 0 Å². The lowest BCUT2D eigenvalue weighted by molar-refractivity contribution is -0.119. The average molecular weight is 276 g/mol. The SMILES string of the molecule is COCCNC(=O)CNc1nc2ccccc2c(=O)[nH]1. The van der Waals surface area contributed by atoms with Crippen molar-refractivity contribution in [3.63, 3.8) is 0 Å². The first-order valence-corrected chi connectivity index (χ1v) is 6.19. The van der Waals surface area contributed by atoms with Gasteiger partial charge in [0, 0.05) is 13.7 Å². The Bertz CT molecular complexity index is 653. The molecule has 1 heterocycles. The van der Waals surface area contributed by atoms with Crippen LogP contribution in [0.1, 0.15) is 0 Å². The fraction of sp³-hybridized carbons (Fsp3) is 0.308. The summed E-state index contributed by atoms with van der Waals surface area (Å²) >= 11 is 0. The number of hydrogen-bond donors (Lipinski definition) is 3. The Kier molecular flexibility index (Phi) is 4.67. The van der Waals surface area contributed by atoms with Crippen LogP contribution in [0.15, 0.2) is 29.1 Å². The molecule has 0 radical (unpaired) electrons. The van der Waals surface area contributed by atoms with Gasteiger partial charge in [-0.15, -0.1) is 0 Å². The molecule has 0 saturated heterocycles. The minimum absolute atomic E-state index is 0.0327. The molecule has 0 aliphatic rings. The Morgan fingerprint density at radius 1 is 1.40 bits per heavy atom. The number of amides is 1. The van der Waals surface area contributed by atoms with Gasteiger partial charge >= 0.3 is 0 Å². The second-order valence-electron chi connectivity index (χ2n) is 4.13. The van der Waals surface area contributed by atoms with Crippen LogP contribution >= 0.6 is 0 Å². The van der Waals surface area contributed by atoms with Gasteiger partial charge in [0.05, 0.1) is 24.1 Å². The average Bonchev–Trinajstić information content (AvgIpc) is 2.45. The molecular formula is C13H16N4O3. The van der Waals surface area contributed by atoms with Gasteiger partial charge in [-0.25, -0.2) is 4.98 Å². The molecule has 0 fully saturated rings. The molecule has 20 heavy (non-hydrogen) atoms. The molecular weight excluding hydrogens is 260 g/mol. The Labute approximate surface area is 115 Å². The lowest BCUT2D eigenvalue weighted by Gasteiger charge is -2.07. The van der Waals surface area contributed by atoms with Crippen molar-refractivity contribution in [2.75, 3.05) is 32.1 Å². The maximum Gasteiger partial charge on any atom is 0.260 e. The number of carbonyl (C=O) groups excluding carboxylic acids is 1. The number of rotatable bonds is 6. The molecule has 0 spiro atoms. The highest BCUT2D eigenvalue weighted by Gasteiger charge is 2.04. The first-order valence-electron chi connectivity index (χ1n) is 6.19. The lowest BCUT2D eigenvalue weighted by atomic mass is 10.2. The zero-order chi connectivity index (χ0) is 14.4. The van der Waals surface area contributed by atoms with E-state index in [1.165, 1.54) is 0 Å². The van der Waals surface area contributed by atoms with Crippen molar-refractivity contribution in [1.82, 2.24) is 15.3 Å². The molecule has 1 aromatic carbocycles. The van der Waals surface area contributed by atoms with Gasteiger partial charge < -0.3 is 15.4 Å². The summed E-state index contributed by atoms with van der Waals surface area (Å²) < 4.78 is 4.82. The smallest absolute Gasteiger partial charge is 0.260 e. The number of H-pyrrole nitrogens is 1. The van der Waals surface area contributed by atoms with Crippen molar-refractivity contribution >= 4 is 22.8 Å². The number of anilines is 1. The zero-order valence-electron chi connectivity index (χ0n) is 11.1. The molecule has 0 aliphatic carbocycles. The van der Waals surface area contributed by atoms with E-state index < -0.39 is 0 Å². The number of hydrogen-bond acceptors (Lipinski definition) is 5. The maximum atomic E-state index is 11.8. The van der Waals surface area contributed by atoms with Gasteiger partial charge in [0.15, 0.2) is 0 Å². The number of benzene rings is 1. The summed E-state index contributed by atoms with van der Waals surface area (Å²) in [5, 5.41) is 5.96. The van der Waals surface area contributed by atoms with Crippen molar-refractivity contribution < 1.29 is 9.53 Å². The summed E-state index contributed by atoms with van der Waals surface area (Å²) in [6, 6.07) is 7.02. The van der Waals surface area contributed by atoms with Crippen molar-refractivity contribution in [3.05, 3.63) is 34.6 Å². The molecule has 1 aromatic heterocycles. The van der Waals surface area contributed by atoms with E-state index in [4.69, 9.17) is 4.74 Å². The predicted octanol–water partition coefficient (Wildman–Crippen LogP) is 0.0976. The number of methoxy groups -OCH3 is 1. The Morgan fingerprint density at radius 2 is 2.20 bits per heavy atom. The fourth-order valence-corrected chi connectivity index (χ4v) is 1.69. The van der Waals surface area contributed by atoms with Crippen LogP contribution in [0, 0.1) is 0 Å². The number of aromatic nitrogens is 2. The van der Waals surface area contributed by atoms with Crippen LogP contribution in [-0.2, 0) is 9.53 Å². The fourth-order valence-electron chi connectivity index (χ4n) is 1.69. The minimum atomic E-state index is -0.238. The van der Waals surface area contributed by atoms with Gasteiger partial charge in [-0.2, -0.15) is 0 Å². The van der Waals surface area contributed by atoms with Crippen LogP contribution in [0.25, 0.3) is 10.9 Å². The topological polar surface area (TPSA) is 96.1 Å². The number of carbonyl (C=O) groups is 1. The van der Waals surface area contributed by atoms with Gasteiger partial charge in [-0.1, -0.05) is 12.1 Å². The molecule has 2 aromatic rings. The molecule has 106 valence electrons. The van der Waals surface area contributed by atoms with Crippen LogP contribution in [0.2, 0.25) is 0 Å². The van der Waals surface area contributed by atoms with Gasteiger partial charge in [0.1, 0.15) is 0 Å². The highest BCUT2D eigenvalue weighted by atomic mass is 16.5. The normalized spacial score (nSPS) is 10.4. The first-order chi connectivity index (χ1) is 9.70. The molecule has 7 nitrogen and oxygen atoms in total. The Morgan fingerprint density at radius 3 is 3.00 bits per heavy atom. The van der Waals surface area contributed by atoms with Crippen molar-refractivity contribution in [2.24, 2.45) is 0 Å². The van der Waals surface area contributed by atoms with E-state index in [-0.39, 0.29) is 24.0 Å². The lowest BCUT2D eigenvalue weighted by Crippen LogP contribution is -2.32. The van der Waals surface area contributed by atoms with Crippen LogP contribution < -0.4 is 16.2 Å². The first kappa shape index (κ1) is 14.0. The van der Waals surface area contributed by atoms with Crippen molar-refractivity contribution in [1.29, 1.82) is 0 Å². The number of nitrogens with zero attached hydrogens (tertiary/aromatic N) is 1. The summed E-state index contributed by atoms with van der Waals surface area (Å²) in [7, 11) is 1.56. The van der Waals surface area contributed by atoms with E-state index in [1.54, 1.807) is 31.4 Å². The summed E-state index contributed by atoms with van der Waals surface area (Å²) in [6.07, 6.45) is 0. The summed E-state index contributed by atoms with van der Waals surface area (Å²) in [5.74, 6) is 0.0773. The number of ether oxygens (including phenoxy) is 1. The summed E-state index contributed by atoms with van der Waals surface area (Å²) in [6.45, 7) is 0.931. The Balaban J connectivity index is 2.00. The highest BCUT2D eigenvalue weighted by molar-refractivity contribution is 5.81. The van der Waals surface area contributed by atoms with Gasteiger partial charge in [0.25, 0.3) is 5.56 Å². The molecule has 0 saturated carbocycles. The second kappa shape index (κ2) is 6.67. The molecule has 7 heteroatoms. The van der Waals surface area contributed by atoms with Crippen LogP contribution in [0.4, 0.5) is 5.95 Å². The maximum absolute atomic E-state index is 11.8. The predicted molar refractivity (Wildman–Crippen MR) is 75.7 cm³/mol. The molecule has 2 rings (SSSR count). The van der Waals surface area contributed by atoms with Crippen LogP contribution in [0.5, 0.6) is 0 Å². The molecule has 1 amide bonds. The standard InChI is InChI=1S/C13H16N4O3/c1-20-7-6-14-11(18)8-15-13-16-10-5-3-2-4-9(10)12(19)17-13/h2-5H,6-8H2,1H3,(H,14,18)(H2,15,16,17,19). The third-order valence-electron chi connectivity index (χ3n) is 2.66. The van der Waals surface area contributed by atoms with Gasteiger partial charge in [0.2, 0.25) is 11.9 Å². The highest BCUT2D eigenvalue weighted by Crippen LogP contribution is 2.07. The minimum Gasteiger partial charge on any atom is -0.383 e. The van der Waals surface area contributed by atoms with Crippen LogP contribution in [-0.4, -0.2) is 42.7 Å². The molecule has 0 aliphatic heterocycles. The molecule has 0 bridgehead atoms. The molecule has 0 atom stereocenters. The zero-order valence-corrected chi connectivity index (χ0v) is 11.1. The van der Waals surface area contributed by atoms with Crippen molar-refractivity contribution in [2.45, 2.75) is 0 Å². The Hall–Kier alpha value is -2.41. The number of aromatic amines is 1. The molecule has 3 N–H and O–H groups in total. The number of fused-ring (bicyclic) bond motifs is 1. The van der Waals surface area contributed by atoms with E-state index in [2.05, 4.69) is 20.6 Å². The largest absolute Gasteiger partial charge is 0.383 e. The van der Waals surface area contributed by atoms with E-state index in [0.29, 0.717) is 24.1 Å². The van der Waals surface area contributed by atoms with E-state index >= 15 is 0 Å². The summed E-state index contributed by atoms with van der Waals surface area (Å²) in [5.41, 5.74) is 0.344. The third-order valence-corrected chi connectivity index (χ3v) is 2.66. The number of para-hydroxylation sites is 1. The van der Waals surface area contributed by atoms with Gasteiger partial charge in [-0.3, -0.25) is 14.6 Å². The third kappa shape index (κ3) is 3.55. The van der Waals surface area contributed by atoms with E-state index in [9.17, 15) is 9.59 Å². The summed E-state index contributed by atoms with van der Waals surface area (Å²) in [4.78, 5) is 30.1. The van der Waals surface area contributed by atoms with E-state index in [0.717, 1.165) is 0 Å². The van der Waals surface area contributed by atoms with Gasteiger partial charge in [-0.05, 0) is 12.1 Å².